The maximum absolute atomic E-state index is 14.0. The van der Waals surface area contributed by atoms with E-state index in [9.17, 15) is 13.6 Å². The van der Waals surface area contributed by atoms with Crippen LogP contribution in [0.1, 0.15) is 50.9 Å². The number of hydrogen-bond acceptors (Lipinski definition) is 2. The minimum atomic E-state index is -0.730. The van der Waals surface area contributed by atoms with Crippen molar-refractivity contribution in [3.63, 3.8) is 0 Å². The topological polar surface area (TPSA) is 32.3 Å². The molecule has 0 heterocycles. The molecule has 0 aliphatic rings. The average molecular weight is 298 g/mol. The molecule has 1 N–H and O–H groups in total. The van der Waals surface area contributed by atoms with Gasteiger partial charge in [0.2, 0.25) is 0 Å². The maximum Gasteiger partial charge on any atom is 0.254 e. The van der Waals surface area contributed by atoms with E-state index >= 15 is 0 Å². The predicted molar refractivity (Wildman–Crippen MR) is 81.6 cm³/mol. The molecule has 0 fully saturated rings. The molecule has 0 saturated carbocycles. The van der Waals surface area contributed by atoms with E-state index in [4.69, 9.17) is 0 Å². The van der Waals surface area contributed by atoms with Gasteiger partial charge in [0.05, 0.1) is 0 Å². The molecule has 1 amide bonds. The zero-order valence-corrected chi connectivity index (χ0v) is 13.2. The van der Waals surface area contributed by atoms with Crippen LogP contribution in [-0.4, -0.2) is 29.9 Å². The smallest absolute Gasteiger partial charge is 0.254 e. The van der Waals surface area contributed by atoms with Gasteiger partial charge in [0, 0.05) is 24.7 Å². The highest BCUT2D eigenvalue weighted by atomic mass is 19.1. The molecule has 0 spiro atoms. The number of nitrogens with zero attached hydrogens (tertiary/aromatic N) is 1. The molecule has 1 aromatic rings. The molecule has 3 nitrogen and oxygen atoms in total. The minimum Gasteiger partial charge on any atom is -0.380 e. The molecule has 1 aromatic carbocycles. The lowest BCUT2D eigenvalue weighted by Gasteiger charge is -2.26. The fourth-order valence-corrected chi connectivity index (χ4v) is 2.12. The van der Waals surface area contributed by atoms with Crippen LogP contribution in [0.25, 0.3) is 0 Å². The van der Waals surface area contributed by atoms with Gasteiger partial charge in [-0.05, 0) is 38.8 Å². The van der Waals surface area contributed by atoms with Crippen LogP contribution in [0.15, 0.2) is 12.1 Å². The molecule has 0 atom stereocenters. The summed E-state index contributed by atoms with van der Waals surface area (Å²) in [7, 11) is 0. The van der Waals surface area contributed by atoms with Gasteiger partial charge >= 0.3 is 0 Å². The Bertz CT molecular complexity index is 466. The van der Waals surface area contributed by atoms with Gasteiger partial charge in [-0.3, -0.25) is 4.79 Å². The molecule has 0 aromatic heterocycles. The Labute approximate surface area is 125 Å². The third-order valence-corrected chi connectivity index (χ3v) is 3.19. The van der Waals surface area contributed by atoms with E-state index in [2.05, 4.69) is 5.32 Å². The SMILES string of the molecule is CCCNc1c(F)cc(C(=O)N(CCC)C(C)C)cc1F. The van der Waals surface area contributed by atoms with Crippen LogP contribution in [0.4, 0.5) is 14.5 Å². The zero-order chi connectivity index (χ0) is 16.0. The van der Waals surface area contributed by atoms with Gasteiger partial charge in [-0.2, -0.15) is 0 Å². The third-order valence-electron chi connectivity index (χ3n) is 3.19. The standard InChI is InChI=1S/C16H24F2N2O/c1-5-7-19-15-13(17)9-12(10-14(15)18)16(21)20(8-6-2)11(3)4/h9-11,19H,5-8H2,1-4H3. The summed E-state index contributed by atoms with van der Waals surface area (Å²) in [6.45, 7) is 8.69. The van der Waals surface area contributed by atoms with Gasteiger partial charge in [0.1, 0.15) is 17.3 Å². The van der Waals surface area contributed by atoms with Crippen molar-refractivity contribution in [2.24, 2.45) is 0 Å². The third kappa shape index (κ3) is 4.41. The van der Waals surface area contributed by atoms with Crippen molar-refractivity contribution in [3.8, 4) is 0 Å². The number of amides is 1. The second-order valence-electron chi connectivity index (χ2n) is 5.33. The number of benzene rings is 1. The van der Waals surface area contributed by atoms with Crippen LogP contribution in [0.3, 0.4) is 0 Å². The van der Waals surface area contributed by atoms with Gasteiger partial charge < -0.3 is 10.2 Å². The van der Waals surface area contributed by atoms with Crippen molar-refractivity contribution in [2.45, 2.75) is 46.6 Å². The number of halogens is 2. The molecule has 0 saturated heterocycles. The molecule has 0 aliphatic heterocycles. The lowest BCUT2D eigenvalue weighted by Crippen LogP contribution is -2.37. The van der Waals surface area contributed by atoms with E-state index in [-0.39, 0.29) is 23.2 Å². The van der Waals surface area contributed by atoms with Gasteiger partial charge in [-0.15, -0.1) is 0 Å². The highest BCUT2D eigenvalue weighted by molar-refractivity contribution is 5.94. The van der Waals surface area contributed by atoms with E-state index in [1.165, 1.54) is 0 Å². The summed E-state index contributed by atoms with van der Waals surface area (Å²) in [6, 6.07) is 2.20. The lowest BCUT2D eigenvalue weighted by atomic mass is 10.1. The quantitative estimate of drug-likeness (QED) is 0.823. The fraction of sp³-hybridized carbons (Fsp3) is 0.562. The van der Waals surface area contributed by atoms with E-state index in [0.29, 0.717) is 13.1 Å². The summed E-state index contributed by atoms with van der Waals surface area (Å²) in [6.07, 6.45) is 1.56. The predicted octanol–water partition coefficient (Wildman–Crippen LogP) is 4.05. The van der Waals surface area contributed by atoms with Crippen LogP contribution in [0.5, 0.6) is 0 Å². The van der Waals surface area contributed by atoms with Crippen molar-refractivity contribution >= 4 is 11.6 Å². The zero-order valence-electron chi connectivity index (χ0n) is 13.2. The Balaban J connectivity index is 3.05. The first-order valence-electron chi connectivity index (χ1n) is 7.46. The van der Waals surface area contributed by atoms with E-state index in [0.717, 1.165) is 25.0 Å². The summed E-state index contributed by atoms with van der Waals surface area (Å²) in [5.74, 6) is -1.80. The Hall–Kier alpha value is -1.65. The van der Waals surface area contributed by atoms with Gasteiger partial charge in [0.25, 0.3) is 5.91 Å². The molecule has 0 bridgehead atoms. The summed E-state index contributed by atoms with van der Waals surface area (Å²) in [5.41, 5.74) is -0.116. The summed E-state index contributed by atoms with van der Waals surface area (Å²) in [5, 5.41) is 2.70. The summed E-state index contributed by atoms with van der Waals surface area (Å²) >= 11 is 0. The van der Waals surface area contributed by atoms with Gasteiger partial charge in [-0.1, -0.05) is 13.8 Å². The van der Waals surface area contributed by atoms with Crippen LogP contribution < -0.4 is 5.32 Å². The first kappa shape index (κ1) is 17.4. The van der Waals surface area contributed by atoms with E-state index in [1.54, 1.807) is 4.90 Å². The molecule has 1 rings (SSSR count). The molecular formula is C16H24F2N2O. The van der Waals surface area contributed by atoms with Crippen LogP contribution in [-0.2, 0) is 0 Å². The molecule has 0 unspecified atom stereocenters. The molecule has 118 valence electrons. The van der Waals surface area contributed by atoms with E-state index in [1.807, 2.05) is 27.7 Å². The first-order valence-corrected chi connectivity index (χ1v) is 7.46. The Morgan fingerprint density at radius 2 is 1.76 bits per heavy atom. The number of carbonyl (C=O) groups is 1. The lowest BCUT2D eigenvalue weighted by molar-refractivity contribution is 0.0705. The van der Waals surface area contributed by atoms with Crippen molar-refractivity contribution < 1.29 is 13.6 Å². The van der Waals surface area contributed by atoms with Crippen molar-refractivity contribution in [2.75, 3.05) is 18.4 Å². The van der Waals surface area contributed by atoms with Gasteiger partial charge in [-0.25, -0.2) is 8.78 Å². The highest BCUT2D eigenvalue weighted by Crippen LogP contribution is 2.22. The van der Waals surface area contributed by atoms with Crippen molar-refractivity contribution in [1.82, 2.24) is 4.90 Å². The number of nitrogens with one attached hydrogen (secondary N) is 1. The minimum absolute atomic E-state index is 0.0125. The van der Waals surface area contributed by atoms with Crippen molar-refractivity contribution in [1.29, 1.82) is 0 Å². The van der Waals surface area contributed by atoms with E-state index < -0.39 is 11.6 Å². The summed E-state index contributed by atoms with van der Waals surface area (Å²) in [4.78, 5) is 14.0. The average Bonchev–Trinajstić information content (AvgIpc) is 2.42. The van der Waals surface area contributed by atoms with Crippen LogP contribution in [0.2, 0.25) is 0 Å². The number of anilines is 1. The Kier molecular flexibility index (Phi) is 6.59. The Morgan fingerprint density at radius 3 is 2.19 bits per heavy atom. The number of carbonyl (C=O) groups excluding carboxylic acids is 1. The normalized spacial score (nSPS) is 10.8. The summed E-state index contributed by atoms with van der Waals surface area (Å²) < 4.78 is 27.9. The molecule has 0 radical (unpaired) electrons. The second-order valence-corrected chi connectivity index (χ2v) is 5.33. The monoisotopic (exact) mass is 298 g/mol. The van der Waals surface area contributed by atoms with Crippen molar-refractivity contribution in [3.05, 3.63) is 29.3 Å². The van der Waals surface area contributed by atoms with Crippen LogP contribution >= 0.6 is 0 Å². The van der Waals surface area contributed by atoms with Crippen LogP contribution in [0, 0.1) is 11.6 Å². The Morgan fingerprint density at radius 1 is 1.19 bits per heavy atom. The molecular weight excluding hydrogens is 274 g/mol. The second kappa shape index (κ2) is 7.96. The number of rotatable bonds is 7. The van der Waals surface area contributed by atoms with Gasteiger partial charge in [0.15, 0.2) is 0 Å². The fourth-order valence-electron chi connectivity index (χ4n) is 2.12. The molecule has 0 aliphatic carbocycles. The molecule has 5 heteroatoms. The maximum atomic E-state index is 14.0. The largest absolute Gasteiger partial charge is 0.380 e. The number of hydrogen-bond donors (Lipinski definition) is 1. The highest BCUT2D eigenvalue weighted by Gasteiger charge is 2.21. The molecule has 21 heavy (non-hydrogen) atoms. The first-order chi connectivity index (χ1) is 9.92.